The number of amides is 1. The van der Waals surface area contributed by atoms with E-state index in [4.69, 9.17) is 4.74 Å². The molecule has 0 N–H and O–H groups in total. The van der Waals surface area contributed by atoms with Gasteiger partial charge in [-0.15, -0.1) is 0 Å². The molecule has 2 heterocycles. The number of benzene rings is 1. The van der Waals surface area contributed by atoms with Crippen LogP contribution in [0.1, 0.15) is 30.0 Å². The number of likely N-dealkylation sites (tertiary alicyclic amines) is 1. The molecule has 0 bridgehead atoms. The number of methoxy groups -OCH3 is 1. The van der Waals surface area contributed by atoms with E-state index < -0.39 is 0 Å². The molecule has 3 rings (SSSR count). The zero-order chi connectivity index (χ0) is 16.1. The van der Waals surface area contributed by atoms with Gasteiger partial charge >= 0.3 is 0 Å². The maximum absolute atomic E-state index is 12.7. The van der Waals surface area contributed by atoms with Crippen molar-refractivity contribution in [2.45, 2.75) is 25.2 Å². The van der Waals surface area contributed by atoms with Crippen molar-refractivity contribution in [2.75, 3.05) is 20.2 Å². The smallest absolute Gasteiger partial charge is 0.227 e. The summed E-state index contributed by atoms with van der Waals surface area (Å²) in [6.07, 6.45) is 5.78. The van der Waals surface area contributed by atoms with Crippen molar-refractivity contribution in [1.82, 2.24) is 14.9 Å². The average molecular weight is 311 g/mol. The Morgan fingerprint density at radius 3 is 3.00 bits per heavy atom. The third-order valence-electron chi connectivity index (χ3n) is 4.33. The van der Waals surface area contributed by atoms with Crippen LogP contribution in [0.4, 0.5) is 0 Å². The fourth-order valence-electron chi connectivity index (χ4n) is 3.11. The van der Waals surface area contributed by atoms with Crippen LogP contribution in [-0.2, 0) is 11.2 Å². The van der Waals surface area contributed by atoms with Crippen LogP contribution in [-0.4, -0.2) is 41.0 Å². The molecule has 0 radical (unpaired) electrons. The molecule has 1 unspecified atom stereocenters. The van der Waals surface area contributed by atoms with E-state index in [1.54, 1.807) is 19.6 Å². The lowest BCUT2D eigenvalue weighted by molar-refractivity contribution is -0.131. The molecule has 23 heavy (non-hydrogen) atoms. The highest BCUT2D eigenvalue weighted by atomic mass is 16.5. The number of aromatic nitrogens is 2. The molecular formula is C18H21N3O2. The third-order valence-corrected chi connectivity index (χ3v) is 4.33. The molecule has 1 saturated heterocycles. The van der Waals surface area contributed by atoms with E-state index in [9.17, 15) is 4.79 Å². The number of para-hydroxylation sites is 1. The monoisotopic (exact) mass is 311 g/mol. The van der Waals surface area contributed by atoms with Gasteiger partial charge in [0.2, 0.25) is 5.91 Å². The van der Waals surface area contributed by atoms with E-state index in [1.165, 1.54) is 0 Å². The maximum Gasteiger partial charge on any atom is 0.227 e. The van der Waals surface area contributed by atoms with Crippen LogP contribution >= 0.6 is 0 Å². The van der Waals surface area contributed by atoms with Gasteiger partial charge in [0.05, 0.1) is 13.5 Å². The summed E-state index contributed by atoms with van der Waals surface area (Å²) in [6.45, 7) is 1.54. The van der Waals surface area contributed by atoms with Gasteiger partial charge in [-0.1, -0.05) is 18.2 Å². The average Bonchev–Trinajstić information content (AvgIpc) is 2.63. The molecule has 5 heteroatoms. The summed E-state index contributed by atoms with van der Waals surface area (Å²) >= 11 is 0. The first kappa shape index (κ1) is 15.5. The van der Waals surface area contributed by atoms with Crippen molar-refractivity contribution < 1.29 is 9.53 Å². The Kier molecular flexibility index (Phi) is 4.86. The molecule has 1 fully saturated rings. The van der Waals surface area contributed by atoms with E-state index in [0.717, 1.165) is 42.9 Å². The van der Waals surface area contributed by atoms with Crippen molar-refractivity contribution in [3.63, 3.8) is 0 Å². The molecule has 2 aromatic rings. The van der Waals surface area contributed by atoms with Gasteiger partial charge in [-0.05, 0) is 25.0 Å². The van der Waals surface area contributed by atoms with Gasteiger partial charge in [0.15, 0.2) is 0 Å². The second-order valence-electron chi connectivity index (χ2n) is 5.80. The first-order valence-corrected chi connectivity index (χ1v) is 7.93. The SMILES string of the molecule is COc1ccccc1CC(=O)N1CCCC(c2ccncn2)C1. The molecule has 1 amide bonds. The van der Waals surface area contributed by atoms with Gasteiger partial charge in [0.1, 0.15) is 12.1 Å². The van der Waals surface area contributed by atoms with Crippen molar-refractivity contribution in [3.05, 3.63) is 54.1 Å². The number of rotatable bonds is 4. The fourth-order valence-corrected chi connectivity index (χ4v) is 3.11. The van der Waals surface area contributed by atoms with Gasteiger partial charge in [-0.3, -0.25) is 4.79 Å². The van der Waals surface area contributed by atoms with Crippen LogP contribution < -0.4 is 4.74 Å². The van der Waals surface area contributed by atoms with Crippen LogP contribution in [0.2, 0.25) is 0 Å². The third kappa shape index (κ3) is 3.67. The molecule has 0 aliphatic carbocycles. The number of ether oxygens (including phenoxy) is 1. The van der Waals surface area contributed by atoms with Gasteiger partial charge in [-0.25, -0.2) is 9.97 Å². The maximum atomic E-state index is 12.7. The molecule has 0 saturated carbocycles. The molecule has 5 nitrogen and oxygen atoms in total. The minimum absolute atomic E-state index is 0.147. The van der Waals surface area contributed by atoms with E-state index in [2.05, 4.69) is 9.97 Å². The first-order valence-electron chi connectivity index (χ1n) is 7.93. The highest BCUT2D eigenvalue weighted by molar-refractivity contribution is 5.79. The summed E-state index contributed by atoms with van der Waals surface area (Å²) in [5, 5.41) is 0. The Morgan fingerprint density at radius 2 is 2.22 bits per heavy atom. The Morgan fingerprint density at radius 1 is 1.35 bits per heavy atom. The second kappa shape index (κ2) is 7.22. The number of carbonyl (C=O) groups is 1. The lowest BCUT2D eigenvalue weighted by atomic mass is 9.94. The quantitative estimate of drug-likeness (QED) is 0.870. The topological polar surface area (TPSA) is 55.3 Å². The highest BCUT2D eigenvalue weighted by Crippen LogP contribution is 2.26. The summed E-state index contributed by atoms with van der Waals surface area (Å²) in [6, 6.07) is 9.63. The van der Waals surface area contributed by atoms with Gasteiger partial charge in [0.25, 0.3) is 0 Å². The van der Waals surface area contributed by atoms with E-state index in [0.29, 0.717) is 12.3 Å². The van der Waals surface area contributed by atoms with Crippen molar-refractivity contribution in [1.29, 1.82) is 0 Å². The Balaban J connectivity index is 1.68. The van der Waals surface area contributed by atoms with E-state index in [-0.39, 0.29) is 5.91 Å². The summed E-state index contributed by atoms with van der Waals surface area (Å²) in [7, 11) is 1.63. The Labute approximate surface area is 136 Å². The van der Waals surface area contributed by atoms with E-state index in [1.807, 2.05) is 35.2 Å². The zero-order valence-electron chi connectivity index (χ0n) is 13.3. The number of carbonyl (C=O) groups excluding carboxylic acids is 1. The van der Waals surface area contributed by atoms with E-state index >= 15 is 0 Å². The van der Waals surface area contributed by atoms with Crippen molar-refractivity contribution in [2.24, 2.45) is 0 Å². The second-order valence-corrected chi connectivity index (χ2v) is 5.80. The molecule has 1 aliphatic rings. The minimum atomic E-state index is 0.147. The van der Waals surface area contributed by atoms with Gasteiger partial charge in [-0.2, -0.15) is 0 Å². The van der Waals surface area contributed by atoms with Crippen LogP contribution in [0.5, 0.6) is 5.75 Å². The fraction of sp³-hybridized carbons (Fsp3) is 0.389. The van der Waals surface area contributed by atoms with Crippen LogP contribution in [0, 0.1) is 0 Å². The Bertz CT molecular complexity index is 660. The predicted octanol–water partition coefficient (Wildman–Crippen LogP) is 2.43. The molecule has 1 aromatic carbocycles. The molecule has 1 aromatic heterocycles. The standard InChI is InChI=1S/C18H21N3O2/c1-23-17-7-3-2-5-14(17)11-18(22)21-10-4-6-15(12-21)16-8-9-19-13-20-16/h2-3,5,7-9,13,15H,4,6,10-12H2,1H3. The minimum Gasteiger partial charge on any atom is -0.496 e. The number of hydrogen-bond acceptors (Lipinski definition) is 4. The molecule has 1 aliphatic heterocycles. The lowest BCUT2D eigenvalue weighted by Gasteiger charge is -2.32. The predicted molar refractivity (Wildman–Crippen MR) is 87.3 cm³/mol. The molecular weight excluding hydrogens is 290 g/mol. The first-order chi connectivity index (χ1) is 11.3. The Hall–Kier alpha value is -2.43. The summed E-state index contributed by atoms with van der Waals surface area (Å²) in [5.41, 5.74) is 1.96. The normalized spacial score (nSPS) is 17.8. The highest BCUT2D eigenvalue weighted by Gasteiger charge is 2.25. The lowest BCUT2D eigenvalue weighted by Crippen LogP contribution is -2.40. The summed E-state index contributed by atoms with van der Waals surface area (Å²) < 4.78 is 5.34. The van der Waals surface area contributed by atoms with Gasteiger partial charge in [0, 0.05) is 36.5 Å². The van der Waals surface area contributed by atoms with Crippen LogP contribution in [0.15, 0.2) is 42.9 Å². The molecule has 1 atom stereocenters. The summed E-state index contributed by atoms with van der Waals surface area (Å²) in [5.74, 6) is 1.21. The summed E-state index contributed by atoms with van der Waals surface area (Å²) in [4.78, 5) is 22.9. The number of hydrogen-bond donors (Lipinski definition) is 0. The zero-order valence-corrected chi connectivity index (χ0v) is 13.3. The van der Waals surface area contributed by atoms with Gasteiger partial charge < -0.3 is 9.64 Å². The van der Waals surface area contributed by atoms with Crippen molar-refractivity contribution in [3.8, 4) is 5.75 Å². The number of nitrogens with zero attached hydrogens (tertiary/aromatic N) is 3. The van der Waals surface area contributed by atoms with Crippen molar-refractivity contribution >= 4 is 5.91 Å². The van der Waals surface area contributed by atoms with Crippen LogP contribution in [0.3, 0.4) is 0 Å². The molecule has 0 spiro atoms. The number of piperidine rings is 1. The van der Waals surface area contributed by atoms with Crippen LogP contribution in [0.25, 0.3) is 0 Å². The molecule has 120 valence electrons. The largest absolute Gasteiger partial charge is 0.496 e.